The third kappa shape index (κ3) is 6.87. The molecule has 0 radical (unpaired) electrons. The first-order chi connectivity index (χ1) is 19.4. The molecule has 0 spiro atoms. The highest BCUT2D eigenvalue weighted by molar-refractivity contribution is 5.91. The van der Waals surface area contributed by atoms with Crippen LogP contribution >= 0.6 is 0 Å². The van der Waals surface area contributed by atoms with E-state index < -0.39 is 23.7 Å². The Bertz CT molecular complexity index is 1600. The largest absolute Gasteiger partial charge is 0.462 e. The number of carbonyl (C=O) groups is 3. The molecule has 210 valence electrons. The van der Waals surface area contributed by atoms with Gasteiger partial charge in [-0.3, -0.25) is 0 Å². The second kappa shape index (κ2) is 12.2. The summed E-state index contributed by atoms with van der Waals surface area (Å²) < 4.78 is 31.5. The van der Waals surface area contributed by atoms with E-state index in [-0.39, 0.29) is 28.6 Å². The summed E-state index contributed by atoms with van der Waals surface area (Å²) in [5.41, 5.74) is 5.24. The van der Waals surface area contributed by atoms with E-state index in [4.69, 9.17) is 14.2 Å². The minimum atomic E-state index is -0.691. The van der Waals surface area contributed by atoms with E-state index in [0.717, 1.165) is 29.5 Å². The van der Waals surface area contributed by atoms with Crippen LogP contribution in [0, 0.1) is 11.7 Å². The van der Waals surface area contributed by atoms with Gasteiger partial charge >= 0.3 is 17.9 Å². The van der Waals surface area contributed by atoms with Crippen molar-refractivity contribution < 1.29 is 33.0 Å². The summed E-state index contributed by atoms with van der Waals surface area (Å²) in [5, 5.41) is 0. The molecule has 1 aliphatic carbocycles. The lowest BCUT2D eigenvalue weighted by Gasteiger charge is -2.13. The minimum absolute atomic E-state index is 0.00306. The first kappa shape index (κ1) is 29.2. The molecule has 6 nitrogen and oxygen atoms in total. The van der Waals surface area contributed by atoms with Crippen molar-refractivity contribution in [2.24, 2.45) is 5.92 Å². The van der Waals surface area contributed by atoms with E-state index in [1.807, 2.05) is 18.2 Å². The zero-order valence-corrected chi connectivity index (χ0v) is 23.3. The molecule has 0 saturated carbocycles. The van der Waals surface area contributed by atoms with Crippen LogP contribution in [0.5, 0.6) is 11.5 Å². The first-order valence-corrected chi connectivity index (χ1v) is 13.1. The summed E-state index contributed by atoms with van der Waals surface area (Å²) in [6.07, 6.45) is 1.52. The number of fused-ring (bicyclic) bond motifs is 1. The number of hydrogen-bond acceptors (Lipinski definition) is 6. The molecule has 1 unspecified atom stereocenters. The van der Waals surface area contributed by atoms with Crippen molar-refractivity contribution in [3.63, 3.8) is 0 Å². The molecule has 0 fully saturated rings. The van der Waals surface area contributed by atoms with Crippen LogP contribution in [0.25, 0.3) is 22.3 Å². The second-order valence-electron chi connectivity index (χ2n) is 10.3. The predicted molar refractivity (Wildman–Crippen MR) is 155 cm³/mol. The lowest BCUT2D eigenvalue weighted by molar-refractivity contribution is -0.140. The second-order valence-corrected chi connectivity index (χ2v) is 10.3. The van der Waals surface area contributed by atoms with Crippen LogP contribution < -0.4 is 9.47 Å². The highest BCUT2D eigenvalue weighted by Gasteiger charge is 2.24. The van der Waals surface area contributed by atoms with Gasteiger partial charge in [0.25, 0.3) is 0 Å². The van der Waals surface area contributed by atoms with Gasteiger partial charge in [-0.25, -0.2) is 18.8 Å². The van der Waals surface area contributed by atoms with Gasteiger partial charge in [-0.1, -0.05) is 56.1 Å². The topological polar surface area (TPSA) is 78.9 Å². The number of rotatable bonds is 9. The monoisotopic (exact) mass is 554 g/mol. The highest BCUT2D eigenvalue weighted by atomic mass is 19.1. The summed E-state index contributed by atoms with van der Waals surface area (Å²) >= 11 is 0. The average Bonchev–Trinajstić information content (AvgIpc) is 3.34. The SMILES string of the molecule is C=C(C)C(=O)OCC1Cc2ccc(-c3ccc(-c4ccc(OC(=O)C(=C)C)c(OC(=O)C(=C)C)c4)cc3F)cc2C1. The maximum atomic E-state index is 15.5. The highest BCUT2D eigenvalue weighted by Crippen LogP contribution is 2.37. The van der Waals surface area contributed by atoms with Crippen molar-refractivity contribution in [2.45, 2.75) is 33.6 Å². The molecule has 1 aliphatic rings. The normalized spacial score (nSPS) is 13.6. The van der Waals surface area contributed by atoms with Gasteiger partial charge in [0.1, 0.15) is 5.82 Å². The average molecular weight is 555 g/mol. The molecule has 41 heavy (non-hydrogen) atoms. The van der Waals surface area contributed by atoms with E-state index in [2.05, 4.69) is 19.7 Å². The molecule has 0 heterocycles. The summed E-state index contributed by atoms with van der Waals surface area (Å²) in [6.45, 7) is 15.7. The standard InChI is InChI=1S/C34H31FO6/c1-19(2)32(36)39-18-22-13-23-7-8-26(15-27(23)14-22)28-11-9-24(16-29(28)35)25-10-12-30(40-33(37)20(3)4)31(17-25)41-34(38)21(5)6/h7-12,15-17,22H,1,3,5,13-14,18H2,2,4,6H3. The number of benzene rings is 3. The van der Waals surface area contributed by atoms with Crippen molar-refractivity contribution in [3.8, 4) is 33.8 Å². The van der Waals surface area contributed by atoms with E-state index in [9.17, 15) is 14.4 Å². The third-order valence-electron chi connectivity index (χ3n) is 6.68. The fraction of sp³-hybridized carbons (Fsp3) is 0.206. The molecule has 0 aromatic heterocycles. The summed E-state index contributed by atoms with van der Waals surface area (Å²) in [4.78, 5) is 36.0. The molecule has 3 aromatic carbocycles. The Morgan fingerprint density at radius 2 is 1.27 bits per heavy atom. The number of halogens is 1. The smallest absolute Gasteiger partial charge is 0.338 e. The van der Waals surface area contributed by atoms with Gasteiger partial charge in [0.2, 0.25) is 0 Å². The van der Waals surface area contributed by atoms with E-state index in [0.29, 0.717) is 28.9 Å². The van der Waals surface area contributed by atoms with E-state index in [1.165, 1.54) is 32.0 Å². The molecule has 7 heteroatoms. The number of hydrogen-bond donors (Lipinski definition) is 0. The maximum Gasteiger partial charge on any atom is 0.338 e. The van der Waals surface area contributed by atoms with Gasteiger partial charge in [-0.05, 0) is 79.6 Å². The van der Waals surface area contributed by atoms with E-state index >= 15 is 4.39 Å². The Kier molecular flexibility index (Phi) is 8.67. The Labute approximate surface area is 238 Å². The molecule has 1 atom stereocenters. The van der Waals surface area contributed by atoms with Crippen LogP contribution in [0.15, 0.2) is 91.1 Å². The van der Waals surface area contributed by atoms with Gasteiger partial charge in [0.15, 0.2) is 11.5 Å². The Hall–Kier alpha value is -4.78. The fourth-order valence-electron chi connectivity index (χ4n) is 4.47. The quantitative estimate of drug-likeness (QED) is 0.162. The van der Waals surface area contributed by atoms with Crippen LogP contribution in [0.3, 0.4) is 0 Å². The van der Waals surface area contributed by atoms with Crippen molar-refractivity contribution in [2.75, 3.05) is 6.61 Å². The Morgan fingerprint density at radius 1 is 0.707 bits per heavy atom. The lowest BCUT2D eigenvalue weighted by atomic mass is 9.97. The van der Waals surface area contributed by atoms with Crippen molar-refractivity contribution in [3.05, 3.63) is 108 Å². The molecule has 0 aliphatic heterocycles. The van der Waals surface area contributed by atoms with Gasteiger partial charge in [0, 0.05) is 28.2 Å². The van der Waals surface area contributed by atoms with Gasteiger partial charge in [-0.15, -0.1) is 0 Å². The zero-order valence-electron chi connectivity index (χ0n) is 23.3. The summed E-state index contributed by atoms with van der Waals surface area (Å²) in [5.74, 6) is -1.99. The van der Waals surface area contributed by atoms with Gasteiger partial charge in [0.05, 0.1) is 6.61 Å². The molecule has 0 N–H and O–H groups in total. The van der Waals surface area contributed by atoms with Crippen LogP contribution in [0.2, 0.25) is 0 Å². The molecule has 0 saturated heterocycles. The number of esters is 3. The lowest BCUT2D eigenvalue weighted by Crippen LogP contribution is -2.14. The predicted octanol–water partition coefficient (Wildman–Crippen LogP) is 6.96. The molecule has 3 aromatic rings. The van der Waals surface area contributed by atoms with Gasteiger partial charge in [-0.2, -0.15) is 0 Å². The molecule has 0 bridgehead atoms. The fourth-order valence-corrected chi connectivity index (χ4v) is 4.47. The number of carbonyl (C=O) groups excluding carboxylic acids is 3. The van der Waals surface area contributed by atoms with Crippen molar-refractivity contribution in [1.82, 2.24) is 0 Å². The van der Waals surface area contributed by atoms with Crippen molar-refractivity contribution >= 4 is 17.9 Å². The van der Waals surface area contributed by atoms with Crippen LogP contribution in [0.4, 0.5) is 4.39 Å². The summed E-state index contributed by atoms with van der Waals surface area (Å²) in [6, 6.07) is 15.4. The Balaban J connectivity index is 1.57. The molecule has 0 amide bonds. The number of ether oxygens (including phenoxy) is 3. The van der Waals surface area contributed by atoms with Crippen LogP contribution in [-0.2, 0) is 32.0 Å². The first-order valence-electron chi connectivity index (χ1n) is 13.1. The zero-order chi connectivity index (χ0) is 29.8. The Morgan fingerprint density at radius 3 is 1.90 bits per heavy atom. The molecular formula is C34H31FO6. The van der Waals surface area contributed by atoms with E-state index in [1.54, 1.807) is 25.1 Å². The van der Waals surface area contributed by atoms with Crippen LogP contribution in [-0.4, -0.2) is 24.5 Å². The van der Waals surface area contributed by atoms with Crippen molar-refractivity contribution in [1.29, 1.82) is 0 Å². The minimum Gasteiger partial charge on any atom is -0.462 e. The van der Waals surface area contributed by atoms with Gasteiger partial charge < -0.3 is 14.2 Å². The third-order valence-corrected chi connectivity index (χ3v) is 6.68. The maximum absolute atomic E-state index is 15.5. The molecular weight excluding hydrogens is 523 g/mol. The summed E-state index contributed by atoms with van der Waals surface area (Å²) in [7, 11) is 0. The van der Waals surface area contributed by atoms with Crippen LogP contribution in [0.1, 0.15) is 31.9 Å². The molecule has 4 rings (SSSR count).